The predicted octanol–water partition coefficient (Wildman–Crippen LogP) is 6.34. The number of fused-ring (bicyclic) bond motifs is 5. The lowest BCUT2D eigenvalue weighted by Gasteiger charge is -2.52. The number of aliphatic hydroxyl groups excluding tert-OH is 1. The Hall–Kier alpha value is -2.51. The third-order valence-electron chi connectivity index (χ3n) is 8.91. The van der Waals surface area contributed by atoms with Crippen LogP contribution in [0.1, 0.15) is 84.1 Å². The van der Waals surface area contributed by atoms with Crippen molar-refractivity contribution in [1.29, 1.82) is 0 Å². The van der Waals surface area contributed by atoms with Gasteiger partial charge in [-0.05, 0) is 111 Å². The summed E-state index contributed by atoms with van der Waals surface area (Å²) in [6.07, 6.45) is 13.4. The van der Waals surface area contributed by atoms with Gasteiger partial charge in [0.1, 0.15) is 0 Å². The van der Waals surface area contributed by atoms with E-state index >= 15 is 0 Å². The molecule has 0 radical (unpaired) electrons. The van der Waals surface area contributed by atoms with E-state index in [0.29, 0.717) is 18.3 Å². The van der Waals surface area contributed by atoms with Gasteiger partial charge in [0.2, 0.25) is 6.79 Å². The summed E-state index contributed by atoms with van der Waals surface area (Å²) in [7, 11) is 0. The van der Waals surface area contributed by atoms with Crippen molar-refractivity contribution in [2.24, 2.45) is 22.7 Å². The smallest absolute Gasteiger partial charge is 0.231 e. The van der Waals surface area contributed by atoms with E-state index in [1.807, 2.05) is 32.9 Å². The van der Waals surface area contributed by atoms with Crippen LogP contribution in [0.2, 0.25) is 0 Å². The molecule has 2 saturated carbocycles. The molecule has 186 valence electrons. The first-order valence-corrected chi connectivity index (χ1v) is 13.1. The van der Waals surface area contributed by atoms with Crippen LogP contribution in [0.4, 0.5) is 0 Å². The largest absolute Gasteiger partial charge is 0.454 e. The summed E-state index contributed by atoms with van der Waals surface area (Å²) < 4.78 is 11.2. The minimum Gasteiger partial charge on any atom is -0.454 e. The summed E-state index contributed by atoms with van der Waals surface area (Å²) in [6.45, 7) is 8.62. The highest BCUT2D eigenvalue weighted by Gasteiger charge is 2.56. The Labute approximate surface area is 209 Å². The van der Waals surface area contributed by atoms with Gasteiger partial charge in [-0.25, -0.2) is 0 Å². The lowest BCUT2D eigenvalue weighted by atomic mass is 9.53. The van der Waals surface area contributed by atoms with Gasteiger partial charge in [0.05, 0.1) is 6.10 Å². The molecule has 4 heteroatoms. The molecule has 5 aliphatic rings. The summed E-state index contributed by atoms with van der Waals surface area (Å²) >= 11 is 0. The number of ether oxygens (including phenoxy) is 2. The van der Waals surface area contributed by atoms with Crippen molar-refractivity contribution in [3.05, 3.63) is 46.6 Å². The minimum atomic E-state index is -0.222. The highest BCUT2D eigenvalue weighted by atomic mass is 16.7. The highest BCUT2D eigenvalue weighted by molar-refractivity contribution is 5.93. The van der Waals surface area contributed by atoms with Crippen molar-refractivity contribution in [3.63, 3.8) is 0 Å². The van der Waals surface area contributed by atoms with Gasteiger partial charge in [-0.1, -0.05) is 18.6 Å². The first kappa shape index (κ1) is 24.2. The fourth-order valence-corrected chi connectivity index (χ4v) is 7.06. The van der Waals surface area contributed by atoms with E-state index in [1.54, 1.807) is 5.57 Å². The molecule has 2 fully saturated rings. The number of benzene rings is 1. The van der Waals surface area contributed by atoms with E-state index in [9.17, 15) is 9.90 Å². The van der Waals surface area contributed by atoms with E-state index < -0.39 is 0 Å². The lowest BCUT2D eigenvalue weighted by Crippen LogP contribution is -2.45. The normalized spacial score (nSPS) is 33.0. The van der Waals surface area contributed by atoms with Gasteiger partial charge >= 0.3 is 0 Å². The Morgan fingerprint density at radius 1 is 1.09 bits per heavy atom. The van der Waals surface area contributed by atoms with Gasteiger partial charge in [0.25, 0.3) is 0 Å². The van der Waals surface area contributed by atoms with Gasteiger partial charge in [0.15, 0.2) is 17.3 Å². The molecule has 1 aromatic carbocycles. The third kappa shape index (κ3) is 4.33. The van der Waals surface area contributed by atoms with Crippen molar-refractivity contribution < 1.29 is 19.4 Å². The molecule has 4 nitrogen and oxygen atoms in total. The molecule has 1 heterocycles. The first-order valence-electron chi connectivity index (χ1n) is 13.1. The molecule has 5 atom stereocenters. The topological polar surface area (TPSA) is 55.8 Å². The Kier molecular flexibility index (Phi) is 6.12. The van der Waals surface area contributed by atoms with E-state index in [4.69, 9.17) is 15.9 Å². The van der Waals surface area contributed by atoms with Crippen LogP contribution < -0.4 is 9.47 Å². The van der Waals surface area contributed by atoms with Crippen molar-refractivity contribution in [3.8, 4) is 23.8 Å². The van der Waals surface area contributed by atoms with Crippen LogP contribution in [0.15, 0.2) is 41.0 Å². The number of carbonyl (C=O) groups is 1. The van der Waals surface area contributed by atoms with Crippen molar-refractivity contribution in [1.82, 2.24) is 0 Å². The quantitative estimate of drug-likeness (QED) is 0.483. The van der Waals surface area contributed by atoms with Crippen LogP contribution in [-0.4, -0.2) is 23.8 Å². The summed E-state index contributed by atoms with van der Waals surface area (Å²) in [5.74, 6) is 5.86. The maximum atomic E-state index is 12.1. The molecule has 0 bridgehead atoms. The number of carbonyl (C=O) groups excluding carboxylic acids is 1. The molecule has 0 aromatic heterocycles. The second kappa shape index (κ2) is 8.86. The van der Waals surface area contributed by atoms with Crippen molar-refractivity contribution >= 4 is 5.78 Å². The number of hydrogen-bond acceptors (Lipinski definition) is 4. The number of ketones is 1. The molecule has 35 heavy (non-hydrogen) atoms. The van der Waals surface area contributed by atoms with Crippen LogP contribution in [-0.2, 0) is 4.79 Å². The number of terminal acetylenes is 1. The molecule has 0 amide bonds. The Morgan fingerprint density at radius 3 is 2.57 bits per heavy atom. The molecule has 0 spiro atoms. The molecular formula is C31H38O4. The lowest BCUT2D eigenvalue weighted by molar-refractivity contribution is -0.114. The zero-order valence-electron chi connectivity index (χ0n) is 21.5. The van der Waals surface area contributed by atoms with Crippen LogP contribution in [0.3, 0.4) is 0 Å². The minimum absolute atomic E-state index is 0.0402. The molecule has 1 N–H and O–H groups in total. The fourth-order valence-electron chi connectivity index (χ4n) is 7.06. The number of aliphatic hydroxyl groups is 1. The van der Waals surface area contributed by atoms with Crippen LogP contribution in [0.25, 0.3) is 0 Å². The summed E-state index contributed by atoms with van der Waals surface area (Å²) in [6, 6.07) is 6.36. The van der Waals surface area contributed by atoms with Crippen molar-refractivity contribution in [2.45, 2.75) is 84.7 Å². The summed E-state index contributed by atoms with van der Waals surface area (Å²) in [4.78, 5) is 12.1. The van der Waals surface area contributed by atoms with Crippen molar-refractivity contribution in [2.75, 3.05) is 6.79 Å². The van der Waals surface area contributed by atoms with Gasteiger partial charge in [0, 0.05) is 17.8 Å². The van der Waals surface area contributed by atoms with Gasteiger partial charge in [-0.2, -0.15) is 0 Å². The molecule has 0 saturated heterocycles. The van der Waals surface area contributed by atoms with Gasteiger partial charge in [-0.15, -0.1) is 12.3 Å². The Morgan fingerprint density at radius 2 is 1.83 bits per heavy atom. The molecular weight excluding hydrogens is 436 g/mol. The van der Waals surface area contributed by atoms with E-state index in [0.717, 1.165) is 50.0 Å². The predicted molar refractivity (Wildman–Crippen MR) is 137 cm³/mol. The number of allylic oxidation sites excluding steroid dienone is 4. The number of rotatable bonds is 1. The average molecular weight is 475 g/mol. The second-order valence-corrected chi connectivity index (χ2v) is 12.2. The SMILES string of the molecule is C#CC(C)(C)C.CC12CC(c3ccc4c(c3)OCO4)C3=C4CCC(=O)C=C4CCC3C1CCC2O. The average Bonchev–Trinajstić information content (AvgIpc) is 3.41. The van der Waals surface area contributed by atoms with Gasteiger partial charge < -0.3 is 14.6 Å². The molecule has 1 aromatic rings. The van der Waals surface area contributed by atoms with Crippen LogP contribution in [0.5, 0.6) is 11.5 Å². The monoisotopic (exact) mass is 474 g/mol. The maximum absolute atomic E-state index is 12.1. The van der Waals surface area contributed by atoms with E-state index in [1.165, 1.54) is 16.7 Å². The highest BCUT2D eigenvalue weighted by Crippen LogP contribution is 2.64. The van der Waals surface area contributed by atoms with Crippen LogP contribution >= 0.6 is 0 Å². The zero-order chi connectivity index (χ0) is 25.0. The molecule has 6 rings (SSSR count). The first-order chi connectivity index (χ1) is 16.6. The summed E-state index contributed by atoms with van der Waals surface area (Å²) in [5, 5.41) is 10.9. The number of hydrogen-bond donors (Lipinski definition) is 1. The van der Waals surface area contributed by atoms with Crippen LogP contribution in [0, 0.1) is 35.0 Å². The third-order valence-corrected chi connectivity index (χ3v) is 8.91. The fraction of sp³-hybridized carbons (Fsp3) is 0.581. The zero-order valence-corrected chi connectivity index (χ0v) is 21.5. The summed E-state index contributed by atoms with van der Waals surface area (Å²) in [5.41, 5.74) is 5.58. The standard InChI is InChI=1S/C25H28O4.C6H10/c1-25-12-19(15-3-8-21-22(11-15)29-13-28-21)24-17-6-4-16(26)10-14(17)2-5-18(24)20(25)7-9-23(25)27;1-5-6(2,3)4/h3,8,10-11,18-20,23,27H,2,4-7,9,12-13H2,1H3;1H,2-4H3. The molecule has 1 aliphatic heterocycles. The molecule has 5 unspecified atom stereocenters. The van der Waals surface area contributed by atoms with Gasteiger partial charge in [-0.3, -0.25) is 4.79 Å². The molecule has 4 aliphatic carbocycles. The Balaban J connectivity index is 0.000000380. The Bertz CT molecular complexity index is 1130. The van der Waals surface area contributed by atoms with E-state index in [-0.39, 0.29) is 35.4 Å². The maximum Gasteiger partial charge on any atom is 0.231 e. The second-order valence-electron chi connectivity index (χ2n) is 12.2. The van der Waals surface area contributed by atoms with E-state index in [2.05, 4.69) is 25.0 Å².